The van der Waals surface area contributed by atoms with Crippen molar-refractivity contribution in [1.29, 1.82) is 0 Å². The summed E-state index contributed by atoms with van der Waals surface area (Å²) in [6.45, 7) is 1.80. The Morgan fingerprint density at radius 1 is 0.840 bits per heavy atom. The van der Waals surface area contributed by atoms with E-state index in [4.69, 9.17) is 19.2 Å². The number of aromatic nitrogens is 2. The van der Waals surface area contributed by atoms with Gasteiger partial charge in [-0.3, -0.25) is 19.3 Å². The van der Waals surface area contributed by atoms with E-state index in [1.54, 1.807) is 28.4 Å². The van der Waals surface area contributed by atoms with E-state index in [1.165, 1.54) is 7.05 Å². The van der Waals surface area contributed by atoms with E-state index in [0.29, 0.717) is 50.7 Å². The number of hydrogen-bond donors (Lipinski definition) is 0. The van der Waals surface area contributed by atoms with Gasteiger partial charge in [-0.1, -0.05) is 24.3 Å². The lowest BCUT2D eigenvalue weighted by Crippen LogP contribution is -2.53. The van der Waals surface area contributed by atoms with Gasteiger partial charge in [0.05, 0.1) is 23.4 Å². The zero-order valence-corrected chi connectivity index (χ0v) is 28.9. The zero-order chi connectivity index (χ0) is 34.8. The Kier molecular flexibility index (Phi) is 9.46. The topological polar surface area (TPSA) is 114 Å². The van der Waals surface area contributed by atoms with Crippen LogP contribution in [0, 0.1) is 0 Å². The Hall–Kier alpha value is -5.33. The van der Waals surface area contributed by atoms with Gasteiger partial charge in [-0.15, -0.1) is 11.3 Å². The van der Waals surface area contributed by atoms with E-state index in [0.717, 1.165) is 53.9 Å². The summed E-state index contributed by atoms with van der Waals surface area (Å²) < 4.78 is 18.6. The van der Waals surface area contributed by atoms with Crippen LogP contribution in [0.2, 0.25) is 0 Å². The molecule has 256 valence electrons. The number of benzene rings is 3. The lowest BCUT2D eigenvalue weighted by Gasteiger charge is -2.33. The van der Waals surface area contributed by atoms with Crippen molar-refractivity contribution in [2.45, 2.75) is 25.4 Å². The highest BCUT2D eigenvalue weighted by atomic mass is 32.1. The highest BCUT2D eigenvalue weighted by molar-refractivity contribution is 7.21. The molecule has 0 bridgehead atoms. The van der Waals surface area contributed by atoms with Gasteiger partial charge in [-0.25, -0.2) is 9.97 Å². The standard InChI is InChI=1S/C38H37N5O6S/c1-41(2)34-14-8-26(22-39-34)24-4-6-25(7-5-24)36-40-31-12-10-29(21-33(31)50-36)49-19-17-47-16-18-48-28-9-11-30-27(20-28)23-43(37(30)45)32-13-15-35(44)42(3)38(32)46/h4-12,14,20-22,32H,13,15-19,23H2,1-3H3. The van der Waals surface area contributed by atoms with Crippen LogP contribution >= 0.6 is 11.3 Å². The Bertz CT molecular complexity index is 2050. The van der Waals surface area contributed by atoms with Crippen LogP contribution in [0.15, 0.2) is 79.0 Å². The van der Waals surface area contributed by atoms with Gasteiger partial charge in [-0.2, -0.15) is 0 Å². The molecule has 1 unspecified atom stereocenters. The summed E-state index contributed by atoms with van der Waals surface area (Å²) in [4.78, 5) is 51.5. The van der Waals surface area contributed by atoms with Crippen molar-refractivity contribution in [2.24, 2.45) is 0 Å². The van der Waals surface area contributed by atoms with Crippen molar-refractivity contribution in [3.8, 4) is 33.2 Å². The molecule has 7 rings (SSSR count). The van der Waals surface area contributed by atoms with Crippen molar-refractivity contribution in [2.75, 3.05) is 52.5 Å². The molecule has 0 radical (unpaired) electrons. The number of imide groups is 1. The number of carbonyl (C=O) groups excluding carboxylic acids is 3. The van der Waals surface area contributed by atoms with Gasteiger partial charge in [0.25, 0.3) is 11.8 Å². The first-order valence-electron chi connectivity index (χ1n) is 16.5. The van der Waals surface area contributed by atoms with Gasteiger partial charge in [0.2, 0.25) is 5.91 Å². The van der Waals surface area contributed by atoms with Crippen molar-refractivity contribution in [3.05, 3.63) is 90.1 Å². The highest BCUT2D eigenvalue weighted by Crippen LogP contribution is 2.34. The van der Waals surface area contributed by atoms with Gasteiger partial charge >= 0.3 is 0 Å². The number of ether oxygens (including phenoxy) is 3. The van der Waals surface area contributed by atoms with Crippen LogP contribution < -0.4 is 14.4 Å². The quantitative estimate of drug-likeness (QED) is 0.121. The maximum atomic E-state index is 13.0. The number of hydrogen-bond acceptors (Lipinski definition) is 10. The fourth-order valence-corrected chi connectivity index (χ4v) is 7.13. The molecule has 2 aliphatic heterocycles. The van der Waals surface area contributed by atoms with Crippen LogP contribution in [0.5, 0.6) is 11.5 Å². The molecule has 11 nitrogen and oxygen atoms in total. The molecule has 12 heteroatoms. The van der Waals surface area contributed by atoms with Gasteiger partial charge in [0.15, 0.2) is 0 Å². The Balaban J connectivity index is 0.853. The lowest BCUT2D eigenvalue weighted by atomic mass is 10.0. The summed E-state index contributed by atoms with van der Waals surface area (Å²) >= 11 is 1.63. The molecule has 0 aliphatic carbocycles. The number of thiazole rings is 1. The molecule has 0 spiro atoms. The van der Waals surface area contributed by atoms with Gasteiger partial charge in [-0.05, 0) is 66.1 Å². The van der Waals surface area contributed by atoms with Crippen LogP contribution in [0.4, 0.5) is 5.82 Å². The average molecular weight is 692 g/mol. The van der Waals surface area contributed by atoms with E-state index in [9.17, 15) is 14.4 Å². The minimum atomic E-state index is -0.626. The smallest absolute Gasteiger partial charge is 0.255 e. The molecule has 5 aromatic rings. The first-order valence-corrected chi connectivity index (χ1v) is 17.3. The molecular formula is C38H37N5O6S. The third-order valence-electron chi connectivity index (χ3n) is 8.93. The van der Waals surface area contributed by atoms with Crippen molar-refractivity contribution < 1.29 is 28.6 Å². The minimum absolute atomic E-state index is 0.197. The molecule has 1 atom stereocenters. The Labute approximate surface area is 294 Å². The molecule has 0 N–H and O–H groups in total. The molecule has 0 saturated carbocycles. The van der Waals surface area contributed by atoms with Gasteiger partial charge < -0.3 is 24.0 Å². The first kappa shape index (κ1) is 33.2. The van der Waals surface area contributed by atoms with Crippen molar-refractivity contribution in [3.63, 3.8) is 0 Å². The molecule has 1 saturated heterocycles. The summed E-state index contributed by atoms with van der Waals surface area (Å²) in [5.74, 6) is 1.56. The molecule has 2 aromatic heterocycles. The zero-order valence-electron chi connectivity index (χ0n) is 28.1. The number of piperidine rings is 1. The number of nitrogens with zero attached hydrogens (tertiary/aromatic N) is 5. The van der Waals surface area contributed by atoms with Crippen LogP contribution in [0.25, 0.3) is 31.9 Å². The third kappa shape index (κ3) is 6.89. The minimum Gasteiger partial charge on any atom is -0.491 e. The summed E-state index contributed by atoms with van der Waals surface area (Å²) in [5, 5.41) is 0.949. The van der Waals surface area contributed by atoms with Crippen molar-refractivity contribution >= 4 is 45.1 Å². The van der Waals surface area contributed by atoms with Crippen LogP contribution in [0.3, 0.4) is 0 Å². The number of fused-ring (bicyclic) bond motifs is 2. The number of likely N-dealkylation sites (tertiary alicyclic amines) is 1. The molecule has 3 amide bonds. The Morgan fingerprint density at radius 2 is 1.54 bits per heavy atom. The SMILES string of the molecule is CN1C(=O)CCC(N2Cc3cc(OCCOCCOc4ccc5nc(-c6ccc(-c7ccc(N(C)C)nc7)cc6)sc5c4)ccc3C2=O)C1=O. The predicted molar refractivity (Wildman–Crippen MR) is 192 cm³/mol. The predicted octanol–water partition coefficient (Wildman–Crippen LogP) is 5.67. The number of anilines is 1. The van der Waals surface area contributed by atoms with E-state index < -0.39 is 6.04 Å². The van der Waals surface area contributed by atoms with Crippen molar-refractivity contribution in [1.82, 2.24) is 19.8 Å². The second-order valence-electron chi connectivity index (χ2n) is 12.4. The molecular weight excluding hydrogens is 655 g/mol. The number of rotatable bonds is 12. The number of pyridine rings is 1. The summed E-state index contributed by atoms with van der Waals surface area (Å²) in [6, 6.07) is 23.1. The van der Waals surface area contributed by atoms with E-state index in [1.807, 2.05) is 55.5 Å². The maximum Gasteiger partial charge on any atom is 0.255 e. The fourth-order valence-electron chi connectivity index (χ4n) is 6.13. The van der Waals surface area contributed by atoms with Gasteiger partial charge in [0.1, 0.15) is 41.6 Å². The van der Waals surface area contributed by atoms with Gasteiger partial charge in [0, 0.05) is 57.0 Å². The second kappa shape index (κ2) is 14.3. The third-order valence-corrected chi connectivity index (χ3v) is 10.00. The van der Waals surface area contributed by atoms with Crippen LogP contribution in [-0.4, -0.2) is 91.1 Å². The summed E-state index contributed by atoms with van der Waals surface area (Å²) in [6.07, 6.45) is 2.48. The maximum absolute atomic E-state index is 13.0. The molecule has 50 heavy (non-hydrogen) atoms. The second-order valence-corrected chi connectivity index (χ2v) is 13.5. The van der Waals surface area contributed by atoms with Crippen LogP contribution in [-0.2, 0) is 20.9 Å². The van der Waals surface area contributed by atoms with Crippen LogP contribution in [0.1, 0.15) is 28.8 Å². The van der Waals surface area contributed by atoms with E-state index in [-0.39, 0.29) is 24.1 Å². The van der Waals surface area contributed by atoms with E-state index >= 15 is 0 Å². The Morgan fingerprint density at radius 3 is 2.26 bits per heavy atom. The van der Waals surface area contributed by atoms with E-state index in [2.05, 4.69) is 35.3 Å². The molecule has 3 aromatic carbocycles. The largest absolute Gasteiger partial charge is 0.491 e. The molecule has 2 aliphatic rings. The monoisotopic (exact) mass is 691 g/mol. The highest BCUT2D eigenvalue weighted by Gasteiger charge is 2.41. The number of likely N-dealkylation sites (N-methyl/N-ethyl adjacent to an activating group) is 1. The fraction of sp³-hybridized carbons (Fsp3) is 0.289. The summed E-state index contributed by atoms with van der Waals surface area (Å²) in [7, 11) is 5.42. The lowest BCUT2D eigenvalue weighted by molar-refractivity contribution is -0.150. The molecule has 1 fully saturated rings. The number of amides is 3. The first-order chi connectivity index (χ1) is 24.2. The molecule has 4 heterocycles. The number of carbonyl (C=O) groups is 3. The average Bonchev–Trinajstić information content (AvgIpc) is 3.70. The summed E-state index contributed by atoms with van der Waals surface area (Å²) in [5.41, 5.74) is 5.52. The normalized spacial score (nSPS) is 15.9.